The van der Waals surface area contributed by atoms with E-state index in [1.165, 1.54) is 44.6 Å². The summed E-state index contributed by atoms with van der Waals surface area (Å²) in [5, 5.41) is 46.7. The van der Waals surface area contributed by atoms with E-state index < -0.39 is 47.2 Å². The van der Waals surface area contributed by atoms with Crippen LogP contribution in [0.25, 0.3) is 32.7 Å². The molecular formula is C41H31N5Na2O10S2. The topological polar surface area (TPSA) is 235 Å². The molecule has 0 aromatic heterocycles. The van der Waals surface area contributed by atoms with Crippen molar-refractivity contribution in [3.8, 4) is 34.1 Å². The molecule has 0 unspecified atom stereocenters. The van der Waals surface area contributed by atoms with Crippen molar-refractivity contribution in [3.63, 3.8) is 0 Å². The minimum absolute atomic E-state index is 0. The number of aryl methyl sites for hydroxylation is 1. The summed E-state index contributed by atoms with van der Waals surface area (Å²) in [6.07, 6.45) is 0. The van der Waals surface area contributed by atoms with Gasteiger partial charge >= 0.3 is 59.1 Å². The van der Waals surface area contributed by atoms with Crippen LogP contribution >= 0.6 is 0 Å². The van der Waals surface area contributed by atoms with Crippen LogP contribution in [0.3, 0.4) is 0 Å². The number of nitrogens with zero attached hydrogens (tertiary/aromatic N) is 4. The van der Waals surface area contributed by atoms with Crippen LogP contribution in [0.4, 0.5) is 34.1 Å². The fourth-order valence-corrected chi connectivity index (χ4v) is 7.56. The zero-order chi connectivity index (χ0) is 41.4. The van der Waals surface area contributed by atoms with Crippen LogP contribution in [-0.2, 0) is 20.2 Å². The molecule has 0 bridgehead atoms. The molecule has 0 amide bonds. The Morgan fingerprint density at radius 3 is 1.65 bits per heavy atom. The second-order valence-electron chi connectivity index (χ2n) is 12.9. The Morgan fingerprint density at radius 2 is 1.08 bits per heavy atom. The summed E-state index contributed by atoms with van der Waals surface area (Å²) in [7, 11) is -6.83. The van der Waals surface area contributed by atoms with Crippen LogP contribution in [0.1, 0.15) is 5.56 Å². The minimum Gasteiger partial charge on any atom is -0.871 e. The molecule has 0 fully saturated rings. The number of hydrogen-bond acceptors (Lipinski definition) is 13. The summed E-state index contributed by atoms with van der Waals surface area (Å²) < 4.78 is 80.2. The molecule has 0 aliphatic rings. The third-order valence-electron chi connectivity index (χ3n) is 9.08. The van der Waals surface area contributed by atoms with E-state index in [2.05, 4.69) is 25.8 Å². The van der Waals surface area contributed by atoms with Crippen LogP contribution < -0.4 is 84.1 Å². The average molecular weight is 864 g/mol. The van der Waals surface area contributed by atoms with E-state index in [0.717, 1.165) is 23.4 Å². The number of methoxy groups -OCH3 is 2. The van der Waals surface area contributed by atoms with Crippen molar-refractivity contribution < 1.29 is 105 Å². The van der Waals surface area contributed by atoms with Gasteiger partial charge in [-0.25, -0.2) is 0 Å². The molecule has 19 heteroatoms. The second-order valence-corrected chi connectivity index (χ2v) is 15.7. The Kier molecular flexibility index (Phi) is 14.4. The predicted molar refractivity (Wildman–Crippen MR) is 214 cm³/mol. The minimum atomic E-state index is -4.92. The average Bonchev–Trinajstić information content (AvgIpc) is 3.20. The number of hydrogen-bond donors (Lipinski definition) is 3. The van der Waals surface area contributed by atoms with Crippen molar-refractivity contribution in [2.45, 2.75) is 16.7 Å². The number of rotatable bonds is 11. The van der Waals surface area contributed by atoms with Gasteiger partial charge in [0.1, 0.15) is 32.7 Å². The Hall–Kier alpha value is -4.92. The number of nitrogens with one attached hydrogen (secondary N) is 1. The van der Waals surface area contributed by atoms with Gasteiger partial charge < -0.3 is 25.0 Å². The summed E-state index contributed by atoms with van der Waals surface area (Å²) in [4.78, 5) is -1.20. The zero-order valence-corrected chi connectivity index (χ0v) is 38.4. The molecule has 3 N–H and O–H groups in total. The third kappa shape index (κ3) is 9.82. The first-order valence-electron chi connectivity index (χ1n) is 17.1. The second kappa shape index (κ2) is 18.8. The number of benzene rings is 7. The van der Waals surface area contributed by atoms with E-state index in [9.17, 15) is 36.2 Å². The van der Waals surface area contributed by atoms with E-state index in [1.807, 2.05) is 31.2 Å². The van der Waals surface area contributed by atoms with Crippen molar-refractivity contribution >= 4 is 75.9 Å². The maximum atomic E-state index is 13.6. The van der Waals surface area contributed by atoms with Gasteiger partial charge in [-0.3, -0.25) is 9.11 Å². The third-order valence-corrected chi connectivity index (χ3v) is 10.8. The Bertz CT molecular complexity index is 3060. The van der Waals surface area contributed by atoms with Crippen LogP contribution in [0.2, 0.25) is 0 Å². The van der Waals surface area contributed by atoms with E-state index >= 15 is 0 Å². The SMILES string of the molecule is COc1cc(-c2ccc(N=Nc3c(S(=O)(=O)O)cc4cc(Nc5ccc(C)cc5)ccc4c3[O-])c(OC)c2)ccc1N=Nc1cc(S(=O)(=O)O)c2ccccc2c1[O-].[Na+].[Na+]. The van der Waals surface area contributed by atoms with Gasteiger partial charge in [0.15, 0.2) is 0 Å². The monoisotopic (exact) mass is 863 g/mol. The summed E-state index contributed by atoms with van der Waals surface area (Å²) >= 11 is 0. The molecule has 7 rings (SSSR count). The molecule has 0 atom stereocenters. The van der Waals surface area contributed by atoms with Gasteiger partial charge in [0.2, 0.25) is 0 Å². The number of fused-ring (bicyclic) bond motifs is 2. The smallest absolute Gasteiger partial charge is 0.871 e. The first-order chi connectivity index (χ1) is 27.6. The van der Waals surface area contributed by atoms with E-state index in [4.69, 9.17) is 9.47 Å². The van der Waals surface area contributed by atoms with Crippen molar-refractivity contribution in [3.05, 3.63) is 121 Å². The number of ether oxygens (including phenoxy) is 2. The number of azo groups is 2. The Balaban J connectivity index is 0.00000341. The van der Waals surface area contributed by atoms with Crippen molar-refractivity contribution in [2.75, 3.05) is 19.5 Å². The van der Waals surface area contributed by atoms with Gasteiger partial charge in [0.05, 0.1) is 25.6 Å². The van der Waals surface area contributed by atoms with Gasteiger partial charge in [-0.05, 0) is 94.9 Å². The molecule has 0 saturated carbocycles. The summed E-state index contributed by atoms with van der Waals surface area (Å²) in [5.74, 6) is -0.913. The van der Waals surface area contributed by atoms with Crippen molar-refractivity contribution in [1.29, 1.82) is 0 Å². The van der Waals surface area contributed by atoms with Crippen LogP contribution in [0.15, 0.2) is 146 Å². The largest absolute Gasteiger partial charge is 1.00 e. The summed E-state index contributed by atoms with van der Waals surface area (Å²) in [6.45, 7) is 1.96. The molecule has 294 valence electrons. The Morgan fingerprint density at radius 1 is 0.550 bits per heavy atom. The molecule has 0 heterocycles. The van der Waals surface area contributed by atoms with Crippen molar-refractivity contribution in [2.24, 2.45) is 20.5 Å². The van der Waals surface area contributed by atoms with Gasteiger partial charge in [0.25, 0.3) is 20.2 Å². The molecule has 15 nitrogen and oxygen atoms in total. The van der Waals surface area contributed by atoms with Gasteiger partial charge in [-0.2, -0.15) is 21.9 Å². The first kappa shape index (κ1) is 46.2. The molecule has 0 saturated heterocycles. The molecule has 7 aromatic carbocycles. The van der Waals surface area contributed by atoms with Gasteiger partial charge in [-0.1, -0.05) is 71.7 Å². The molecule has 0 aliphatic carbocycles. The zero-order valence-electron chi connectivity index (χ0n) is 32.7. The maximum absolute atomic E-state index is 13.6. The van der Waals surface area contributed by atoms with E-state index in [-0.39, 0.29) is 109 Å². The fraction of sp³-hybridized carbons (Fsp3) is 0.0732. The summed E-state index contributed by atoms with van der Waals surface area (Å²) in [6, 6.07) is 30.1. The standard InChI is InChI=1S/C41H33N5O10S2.2Na/c1-23-8-12-27(13-9-23)42-28-14-15-29-26(18-28)21-38(58(52,53)54)39(41(29)48)46-44-33-17-11-25(20-36(33)56-3)24-10-16-32(35(19-24)55-2)43-45-34-22-37(57(49,50)51)30-6-4-5-7-31(30)40(34)47;;/h4-22,42,47-48H,1-3H3,(H,49,50,51)(H,52,53,54);;/q;2*+1/p-2. The van der Waals surface area contributed by atoms with Crippen molar-refractivity contribution in [1.82, 2.24) is 0 Å². The molecule has 7 aromatic rings. The van der Waals surface area contributed by atoms with Crippen LogP contribution in [0.5, 0.6) is 23.0 Å². The van der Waals surface area contributed by atoms with E-state index in [0.29, 0.717) is 16.8 Å². The number of anilines is 2. The van der Waals surface area contributed by atoms with Gasteiger partial charge in [0, 0.05) is 16.8 Å². The maximum Gasteiger partial charge on any atom is 1.00 e. The van der Waals surface area contributed by atoms with E-state index in [1.54, 1.807) is 48.5 Å². The quantitative estimate of drug-likeness (QED) is 0.0971. The van der Waals surface area contributed by atoms with Gasteiger partial charge in [-0.15, -0.1) is 15.3 Å². The normalized spacial score (nSPS) is 11.8. The Labute approximate surface area is 388 Å². The molecule has 60 heavy (non-hydrogen) atoms. The molecule has 0 spiro atoms. The predicted octanol–water partition coefficient (Wildman–Crippen LogP) is 3.21. The first-order valence-corrected chi connectivity index (χ1v) is 20.0. The fourth-order valence-electron chi connectivity index (χ4n) is 6.19. The van der Waals surface area contributed by atoms with Crippen LogP contribution in [-0.4, -0.2) is 40.2 Å². The summed E-state index contributed by atoms with van der Waals surface area (Å²) in [5.41, 5.74) is 3.09. The molecule has 0 aliphatic heterocycles. The molecule has 0 radical (unpaired) electrons. The molecular weight excluding hydrogens is 833 g/mol. The van der Waals surface area contributed by atoms with Crippen LogP contribution in [0, 0.1) is 6.92 Å².